The Morgan fingerprint density at radius 3 is 2.65 bits per heavy atom. The first-order chi connectivity index (χ1) is 12.6. The van der Waals surface area contributed by atoms with Crippen LogP contribution in [0.1, 0.15) is 10.6 Å². The lowest BCUT2D eigenvalue weighted by atomic mass is 10.2. The first-order valence-electron chi connectivity index (χ1n) is 8.51. The van der Waals surface area contributed by atoms with Gasteiger partial charge in [0.25, 0.3) is 5.91 Å². The molecule has 1 fully saturated rings. The second kappa shape index (κ2) is 7.03. The molecule has 0 unspecified atom stereocenters. The minimum absolute atomic E-state index is 0.0531. The number of nitrogens with zero attached hydrogens (tertiary/aromatic N) is 2. The Morgan fingerprint density at radius 1 is 1.08 bits per heavy atom. The van der Waals surface area contributed by atoms with E-state index in [1.165, 1.54) is 0 Å². The zero-order chi connectivity index (χ0) is 18.1. The largest absolute Gasteiger partial charge is 0.497 e. The van der Waals surface area contributed by atoms with Crippen LogP contribution in [0.15, 0.2) is 57.4 Å². The molecular formula is C20H19BrN2O3. The van der Waals surface area contributed by atoms with Gasteiger partial charge in [-0.3, -0.25) is 4.79 Å². The van der Waals surface area contributed by atoms with Crippen molar-refractivity contribution in [3.8, 4) is 5.75 Å². The lowest BCUT2D eigenvalue weighted by Gasteiger charge is -2.35. The topological polar surface area (TPSA) is 45.9 Å². The summed E-state index contributed by atoms with van der Waals surface area (Å²) in [6.45, 7) is 2.89. The molecule has 0 N–H and O–H groups in total. The second-order valence-corrected chi connectivity index (χ2v) is 7.19. The van der Waals surface area contributed by atoms with Gasteiger partial charge in [0.05, 0.1) is 7.11 Å². The number of fused-ring (bicyclic) bond motifs is 1. The zero-order valence-corrected chi connectivity index (χ0v) is 16.0. The van der Waals surface area contributed by atoms with Crippen molar-refractivity contribution < 1.29 is 13.9 Å². The van der Waals surface area contributed by atoms with Crippen LogP contribution in [0, 0.1) is 0 Å². The van der Waals surface area contributed by atoms with Gasteiger partial charge in [0, 0.05) is 47.8 Å². The highest BCUT2D eigenvalue weighted by Gasteiger charge is 2.25. The fraction of sp³-hybridized carbons (Fsp3) is 0.250. The standard InChI is InChI=1S/C20H19BrN2O3/c1-25-17-4-2-3-16(13-17)22-7-9-23(10-8-22)20(24)19-12-14-11-15(21)5-6-18(14)26-19/h2-6,11-13H,7-10H2,1H3. The fourth-order valence-electron chi connectivity index (χ4n) is 3.25. The van der Waals surface area contributed by atoms with Crippen molar-refractivity contribution in [2.75, 3.05) is 38.2 Å². The van der Waals surface area contributed by atoms with Gasteiger partial charge >= 0.3 is 0 Å². The molecule has 1 aliphatic heterocycles. The molecule has 5 nitrogen and oxygen atoms in total. The molecule has 0 atom stereocenters. The Hall–Kier alpha value is -2.47. The zero-order valence-electron chi connectivity index (χ0n) is 14.4. The minimum Gasteiger partial charge on any atom is -0.497 e. The first-order valence-corrected chi connectivity index (χ1v) is 9.31. The predicted octanol–water partition coefficient (Wildman–Crippen LogP) is 4.17. The number of carbonyl (C=O) groups is 1. The minimum atomic E-state index is -0.0531. The SMILES string of the molecule is COc1cccc(N2CCN(C(=O)c3cc4cc(Br)ccc4o3)CC2)c1. The number of ether oxygens (including phenoxy) is 1. The van der Waals surface area contributed by atoms with Gasteiger partial charge in [0.1, 0.15) is 11.3 Å². The van der Waals surface area contributed by atoms with Crippen LogP contribution in [-0.2, 0) is 0 Å². The summed E-state index contributed by atoms with van der Waals surface area (Å²) >= 11 is 3.44. The Bertz CT molecular complexity index is 945. The smallest absolute Gasteiger partial charge is 0.289 e. The summed E-state index contributed by atoms with van der Waals surface area (Å²) in [5, 5.41) is 0.928. The molecule has 2 aromatic carbocycles. The third-order valence-corrected chi connectivity index (χ3v) is 5.17. The Balaban J connectivity index is 1.45. The molecule has 6 heteroatoms. The van der Waals surface area contributed by atoms with Crippen molar-refractivity contribution in [1.29, 1.82) is 0 Å². The lowest BCUT2D eigenvalue weighted by Crippen LogP contribution is -2.48. The average molecular weight is 415 g/mol. The summed E-state index contributed by atoms with van der Waals surface area (Å²) in [6.07, 6.45) is 0. The number of carbonyl (C=O) groups excluding carboxylic acids is 1. The fourth-order valence-corrected chi connectivity index (χ4v) is 3.63. The molecule has 1 amide bonds. The normalized spacial score (nSPS) is 14.7. The number of anilines is 1. The monoisotopic (exact) mass is 414 g/mol. The lowest BCUT2D eigenvalue weighted by molar-refractivity contribution is 0.0717. The molecule has 26 heavy (non-hydrogen) atoms. The van der Waals surface area contributed by atoms with E-state index < -0.39 is 0 Å². The second-order valence-electron chi connectivity index (χ2n) is 6.27. The molecule has 1 saturated heterocycles. The van der Waals surface area contributed by atoms with Crippen molar-refractivity contribution in [3.05, 3.63) is 58.8 Å². The van der Waals surface area contributed by atoms with Crippen LogP contribution in [0.5, 0.6) is 5.75 Å². The highest BCUT2D eigenvalue weighted by Crippen LogP contribution is 2.25. The molecule has 134 valence electrons. The van der Waals surface area contributed by atoms with E-state index in [1.54, 1.807) is 7.11 Å². The summed E-state index contributed by atoms with van der Waals surface area (Å²) in [5.74, 6) is 1.19. The first kappa shape index (κ1) is 17.0. The van der Waals surface area contributed by atoms with E-state index in [-0.39, 0.29) is 5.91 Å². The number of amides is 1. The van der Waals surface area contributed by atoms with E-state index in [9.17, 15) is 4.79 Å². The van der Waals surface area contributed by atoms with Crippen molar-refractivity contribution in [2.45, 2.75) is 0 Å². The van der Waals surface area contributed by atoms with Crippen LogP contribution in [0.2, 0.25) is 0 Å². The van der Waals surface area contributed by atoms with Crippen LogP contribution in [0.4, 0.5) is 5.69 Å². The van der Waals surface area contributed by atoms with Gasteiger partial charge < -0.3 is 19.0 Å². The maximum Gasteiger partial charge on any atom is 0.289 e. The Labute approximate surface area is 160 Å². The number of benzene rings is 2. The summed E-state index contributed by atoms with van der Waals surface area (Å²) in [7, 11) is 1.67. The number of rotatable bonds is 3. The molecular weight excluding hydrogens is 396 g/mol. The molecule has 0 aliphatic carbocycles. The number of furan rings is 1. The molecule has 0 radical (unpaired) electrons. The molecule has 3 aromatic rings. The average Bonchev–Trinajstić information content (AvgIpc) is 3.10. The number of piperazine rings is 1. The molecule has 2 heterocycles. The maximum absolute atomic E-state index is 12.8. The third-order valence-electron chi connectivity index (χ3n) is 4.67. The third kappa shape index (κ3) is 3.29. The van der Waals surface area contributed by atoms with Gasteiger partial charge in [-0.05, 0) is 36.4 Å². The van der Waals surface area contributed by atoms with Gasteiger partial charge in [-0.15, -0.1) is 0 Å². The maximum atomic E-state index is 12.8. The van der Waals surface area contributed by atoms with Crippen LogP contribution < -0.4 is 9.64 Å². The summed E-state index contributed by atoms with van der Waals surface area (Å²) in [4.78, 5) is 16.9. The van der Waals surface area contributed by atoms with E-state index in [1.807, 2.05) is 47.4 Å². The molecule has 0 bridgehead atoms. The van der Waals surface area contributed by atoms with Crippen LogP contribution >= 0.6 is 15.9 Å². The van der Waals surface area contributed by atoms with Crippen LogP contribution in [0.25, 0.3) is 11.0 Å². The number of halogens is 1. The van der Waals surface area contributed by atoms with Gasteiger partial charge in [0.2, 0.25) is 0 Å². The highest BCUT2D eigenvalue weighted by atomic mass is 79.9. The Kier molecular flexibility index (Phi) is 4.59. The van der Waals surface area contributed by atoms with Gasteiger partial charge in [0.15, 0.2) is 5.76 Å². The van der Waals surface area contributed by atoms with Gasteiger partial charge in [-0.2, -0.15) is 0 Å². The van der Waals surface area contributed by atoms with E-state index in [0.29, 0.717) is 18.8 Å². The van der Waals surface area contributed by atoms with E-state index in [4.69, 9.17) is 9.15 Å². The number of hydrogen-bond donors (Lipinski definition) is 0. The van der Waals surface area contributed by atoms with Crippen LogP contribution in [-0.4, -0.2) is 44.1 Å². The molecule has 1 aromatic heterocycles. The highest BCUT2D eigenvalue weighted by molar-refractivity contribution is 9.10. The Morgan fingerprint density at radius 2 is 1.88 bits per heavy atom. The predicted molar refractivity (Wildman–Crippen MR) is 105 cm³/mol. The van der Waals surface area contributed by atoms with Crippen LogP contribution in [0.3, 0.4) is 0 Å². The quantitative estimate of drug-likeness (QED) is 0.645. The van der Waals surface area contributed by atoms with Crippen molar-refractivity contribution in [2.24, 2.45) is 0 Å². The van der Waals surface area contributed by atoms with E-state index in [2.05, 4.69) is 26.9 Å². The summed E-state index contributed by atoms with van der Waals surface area (Å²) in [6, 6.07) is 15.6. The van der Waals surface area contributed by atoms with Crippen molar-refractivity contribution >= 4 is 38.5 Å². The number of methoxy groups -OCH3 is 1. The number of hydrogen-bond acceptors (Lipinski definition) is 4. The molecule has 0 saturated carbocycles. The summed E-state index contributed by atoms with van der Waals surface area (Å²) < 4.78 is 12.0. The van der Waals surface area contributed by atoms with Gasteiger partial charge in [-0.25, -0.2) is 0 Å². The van der Waals surface area contributed by atoms with Crippen molar-refractivity contribution in [1.82, 2.24) is 4.90 Å². The van der Waals surface area contributed by atoms with Crippen molar-refractivity contribution in [3.63, 3.8) is 0 Å². The van der Waals surface area contributed by atoms with Gasteiger partial charge in [-0.1, -0.05) is 22.0 Å². The van der Waals surface area contributed by atoms with E-state index in [0.717, 1.165) is 40.0 Å². The molecule has 1 aliphatic rings. The summed E-state index contributed by atoms with van der Waals surface area (Å²) in [5.41, 5.74) is 1.84. The molecule has 4 rings (SSSR count). The van der Waals surface area contributed by atoms with E-state index >= 15 is 0 Å². The molecule has 0 spiro atoms.